The van der Waals surface area contributed by atoms with Gasteiger partial charge in [0.05, 0.1) is 5.92 Å². The molecule has 1 saturated carbocycles. The Balaban J connectivity index is 0.000000342. The Morgan fingerprint density at radius 2 is 1.57 bits per heavy atom. The summed E-state index contributed by atoms with van der Waals surface area (Å²) in [6, 6.07) is 3.51. The summed E-state index contributed by atoms with van der Waals surface area (Å²) in [4.78, 5) is 13.3. The maximum atomic E-state index is 11.9. The molecule has 1 aromatic heterocycles. The molecule has 1 fully saturated rings. The zero-order valence-electron chi connectivity index (χ0n) is 13.3. The lowest BCUT2D eigenvalue weighted by atomic mass is 9.89. The predicted molar refractivity (Wildman–Crippen MR) is 80.5 cm³/mol. The smallest absolute Gasteiger partial charge is 0.327 e. The fourth-order valence-electron chi connectivity index (χ4n) is 2.29. The Bertz CT molecular complexity index is 422. The Morgan fingerprint density at radius 3 is 1.90 bits per heavy atom. The van der Waals surface area contributed by atoms with E-state index in [1.165, 1.54) is 0 Å². The van der Waals surface area contributed by atoms with Gasteiger partial charge in [-0.15, -0.1) is 0 Å². The summed E-state index contributed by atoms with van der Waals surface area (Å²) in [6.07, 6.45) is -0.742. The van der Waals surface area contributed by atoms with Gasteiger partial charge in [0.15, 0.2) is 0 Å². The fourth-order valence-corrected chi connectivity index (χ4v) is 2.29. The van der Waals surface area contributed by atoms with Gasteiger partial charge < -0.3 is 4.98 Å². The van der Waals surface area contributed by atoms with Gasteiger partial charge in [0.2, 0.25) is 5.56 Å². The Hall–Kier alpha value is -1.26. The van der Waals surface area contributed by atoms with Crippen LogP contribution in [0, 0.1) is 19.8 Å². The summed E-state index contributed by atoms with van der Waals surface area (Å²) >= 11 is 0. The molecular formula is C16H26F3NO. The van der Waals surface area contributed by atoms with Gasteiger partial charge in [0, 0.05) is 11.8 Å². The molecule has 5 heteroatoms. The largest absolute Gasteiger partial charge is 0.391 e. The third-order valence-electron chi connectivity index (χ3n) is 3.19. The number of aromatic nitrogens is 1. The molecule has 0 radical (unpaired) electrons. The second-order valence-corrected chi connectivity index (χ2v) is 5.08. The molecule has 1 aliphatic rings. The van der Waals surface area contributed by atoms with E-state index in [2.05, 4.69) is 4.98 Å². The first-order valence-corrected chi connectivity index (χ1v) is 7.53. The molecule has 0 unspecified atom stereocenters. The van der Waals surface area contributed by atoms with Crippen LogP contribution in [-0.2, 0) is 0 Å². The lowest BCUT2D eigenvalue weighted by Crippen LogP contribution is -2.24. The third-order valence-corrected chi connectivity index (χ3v) is 3.19. The van der Waals surface area contributed by atoms with E-state index in [1.54, 1.807) is 6.07 Å². The summed E-state index contributed by atoms with van der Waals surface area (Å²) in [5.74, 6) is -0.999. The highest BCUT2D eigenvalue weighted by atomic mass is 19.4. The number of hydrogen-bond acceptors (Lipinski definition) is 1. The van der Waals surface area contributed by atoms with Crippen LogP contribution in [0.25, 0.3) is 0 Å². The van der Waals surface area contributed by atoms with Crippen molar-refractivity contribution >= 4 is 0 Å². The number of aromatic amines is 1. The van der Waals surface area contributed by atoms with Crippen LogP contribution in [-0.4, -0.2) is 11.2 Å². The minimum atomic E-state index is -3.93. The highest BCUT2D eigenvalue weighted by molar-refractivity contribution is 5.12. The van der Waals surface area contributed by atoms with Gasteiger partial charge in [-0.1, -0.05) is 33.1 Å². The van der Waals surface area contributed by atoms with Crippen molar-refractivity contribution in [2.75, 3.05) is 0 Å². The van der Waals surface area contributed by atoms with Crippen molar-refractivity contribution in [1.82, 2.24) is 4.98 Å². The molecule has 1 heterocycles. The number of rotatable bonds is 0. The monoisotopic (exact) mass is 305 g/mol. The van der Waals surface area contributed by atoms with Crippen molar-refractivity contribution in [3.8, 4) is 0 Å². The number of aryl methyl sites for hydroxylation is 2. The average Bonchev–Trinajstić information content (AvgIpc) is 2.40. The molecule has 21 heavy (non-hydrogen) atoms. The summed E-state index contributed by atoms with van der Waals surface area (Å²) in [5, 5.41) is 0. The lowest BCUT2D eigenvalue weighted by molar-refractivity contribution is -0.181. The van der Waals surface area contributed by atoms with Crippen LogP contribution in [0.1, 0.15) is 57.2 Å². The van der Waals surface area contributed by atoms with E-state index >= 15 is 0 Å². The molecular weight excluding hydrogens is 279 g/mol. The molecule has 2 nitrogen and oxygen atoms in total. The normalized spacial score (nSPS) is 15.4. The van der Waals surface area contributed by atoms with Crippen molar-refractivity contribution in [3.63, 3.8) is 0 Å². The zero-order chi connectivity index (χ0) is 16.5. The molecule has 0 atom stereocenters. The molecule has 0 bridgehead atoms. The maximum absolute atomic E-state index is 11.9. The second-order valence-electron chi connectivity index (χ2n) is 5.08. The van der Waals surface area contributed by atoms with Gasteiger partial charge in [0.1, 0.15) is 0 Å². The molecule has 2 rings (SSSR count). The van der Waals surface area contributed by atoms with Crippen LogP contribution in [0.2, 0.25) is 0 Å². The Labute approximate surface area is 124 Å². The minimum Gasteiger partial charge on any atom is -0.327 e. The van der Waals surface area contributed by atoms with Crippen molar-refractivity contribution < 1.29 is 13.2 Å². The predicted octanol–water partition coefficient (Wildman–Crippen LogP) is 5.15. The standard InChI is InChI=1S/C7H11F3.C7H9NO.C2H6/c8-7(9,10)6-4-2-1-3-5-6;1-5-3-6(2)8-7(9)4-5;1-2/h6H,1-5H2;3-4H,1-2H3,(H,8,9);1-2H3. The summed E-state index contributed by atoms with van der Waals surface area (Å²) in [7, 11) is 0. The zero-order valence-corrected chi connectivity index (χ0v) is 13.3. The van der Waals surface area contributed by atoms with Crippen molar-refractivity contribution in [1.29, 1.82) is 0 Å². The quantitative estimate of drug-likeness (QED) is 0.706. The van der Waals surface area contributed by atoms with Gasteiger partial charge in [-0.2, -0.15) is 13.2 Å². The number of halogens is 3. The molecule has 0 aliphatic heterocycles. The molecule has 1 aliphatic carbocycles. The van der Waals surface area contributed by atoms with E-state index in [9.17, 15) is 18.0 Å². The lowest BCUT2D eigenvalue weighted by Gasteiger charge is -2.23. The minimum absolute atomic E-state index is 0.0208. The van der Waals surface area contributed by atoms with Gasteiger partial charge in [-0.05, 0) is 38.3 Å². The Morgan fingerprint density at radius 1 is 1.05 bits per heavy atom. The number of nitrogens with one attached hydrogen (secondary N) is 1. The highest BCUT2D eigenvalue weighted by Crippen LogP contribution is 2.37. The number of pyridine rings is 1. The maximum Gasteiger partial charge on any atom is 0.391 e. The first-order valence-electron chi connectivity index (χ1n) is 7.53. The number of alkyl halides is 3. The van der Waals surface area contributed by atoms with Crippen LogP contribution < -0.4 is 5.56 Å². The molecule has 0 amide bonds. The number of hydrogen-bond donors (Lipinski definition) is 1. The van der Waals surface area contributed by atoms with E-state index in [0.717, 1.165) is 30.5 Å². The molecule has 122 valence electrons. The first-order chi connectivity index (χ1) is 9.79. The fraction of sp³-hybridized carbons (Fsp3) is 0.688. The van der Waals surface area contributed by atoms with Crippen LogP contribution in [0.3, 0.4) is 0 Å². The number of H-pyrrole nitrogens is 1. The first kappa shape index (κ1) is 19.7. The van der Waals surface area contributed by atoms with Gasteiger partial charge in [-0.25, -0.2) is 0 Å². The van der Waals surface area contributed by atoms with E-state index in [1.807, 2.05) is 33.8 Å². The van der Waals surface area contributed by atoms with E-state index in [-0.39, 0.29) is 5.56 Å². The molecule has 0 spiro atoms. The van der Waals surface area contributed by atoms with Gasteiger partial charge in [0.25, 0.3) is 0 Å². The SMILES string of the molecule is CC.Cc1cc(C)[nH]c(=O)c1.FC(F)(F)C1CCCCC1. The van der Waals surface area contributed by atoms with Crippen LogP contribution in [0.5, 0.6) is 0 Å². The van der Waals surface area contributed by atoms with E-state index in [4.69, 9.17) is 0 Å². The van der Waals surface area contributed by atoms with E-state index in [0.29, 0.717) is 12.8 Å². The van der Waals surface area contributed by atoms with E-state index < -0.39 is 12.1 Å². The van der Waals surface area contributed by atoms with Gasteiger partial charge in [-0.3, -0.25) is 4.79 Å². The Kier molecular flexibility index (Phi) is 9.06. The van der Waals surface area contributed by atoms with Crippen LogP contribution in [0.4, 0.5) is 13.2 Å². The summed E-state index contributed by atoms with van der Waals surface area (Å²) < 4.78 is 35.8. The second kappa shape index (κ2) is 9.64. The molecule has 0 aromatic carbocycles. The molecule has 1 N–H and O–H groups in total. The van der Waals surface area contributed by atoms with Crippen LogP contribution in [0.15, 0.2) is 16.9 Å². The van der Waals surface area contributed by atoms with Crippen molar-refractivity contribution in [2.24, 2.45) is 5.92 Å². The summed E-state index contributed by atoms with van der Waals surface area (Å²) in [6.45, 7) is 7.77. The topological polar surface area (TPSA) is 32.9 Å². The average molecular weight is 305 g/mol. The van der Waals surface area contributed by atoms with Crippen LogP contribution >= 0.6 is 0 Å². The molecule has 0 saturated heterocycles. The van der Waals surface area contributed by atoms with Crippen molar-refractivity contribution in [2.45, 2.75) is 66.0 Å². The summed E-state index contributed by atoms with van der Waals surface area (Å²) in [5.41, 5.74) is 1.91. The van der Waals surface area contributed by atoms with Gasteiger partial charge >= 0.3 is 6.18 Å². The highest BCUT2D eigenvalue weighted by Gasteiger charge is 2.39. The third kappa shape index (κ3) is 8.58. The molecule has 1 aromatic rings. The van der Waals surface area contributed by atoms with Crippen molar-refractivity contribution in [3.05, 3.63) is 33.7 Å².